The Balaban J connectivity index is 2.82. The molecular formula is C12H12NO3. The molecule has 1 aromatic carbocycles. The summed E-state index contributed by atoms with van der Waals surface area (Å²) in [7, 11) is 0. The number of amides is 1. The Morgan fingerprint density at radius 1 is 1.38 bits per heavy atom. The molecule has 0 heterocycles. The van der Waals surface area contributed by atoms with E-state index in [1.165, 1.54) is 0 Å². The Morgan fingerprint density at radius 2 is 2.00 bits per heavy atom. The minimum atomic E-state index is -1.25. The van der Waals surface area contributed by atoms with E-state index in [1.54, 1.807) is 24.3 Å². The maximum absolute atomic E-state index is 11.5. The third-order valence-electron chi connectivity index (χ3n) is 2.06. The van der Waals surface area contributed by atoms with E-state index in [1.807, 2.05) is 0 Å². The largest absolute Gasteiger partial charge is 0.480 e. The van der Waals surface area contributed by atoms with Crippen molar-refractivity contribution < 1.29 is 14.7 Å². The lowest BCUT2D eigenvalue weighted by molar-refractivity contribution is -0.143. The van der Waals surface area contributed by atoms with Crippen molar-refractivity contribution in [3.63, 3.8) is 0 Å². The summed E-state index contributed by atoms with van der Waals surface area (Å²) in [6.07, 6.45) is 1.09. The summed E-state index contributed by atoms with van der Waals surface area (Å²) in [6.45, 7) is 7.03. The molecule has 2 N–H and O–H groups in total. The van der Waals surface area contributed by atoms with Crippen LogP contribution >= 0.6 is 0 Å². The fraction of sp³-hybridized carbons (Fsp3) is 0.0833. The summed E-state index contributed by atoms with van der Waals surface area (Å²) in [5.41, 5.74) is 1.13. The molecule has 1 radical (unpaired) electrons. The number of hydrogen-bond donors (Lipinski definition) is 2. The fourth-order valence-corrected chi connectivity index (χ4v) is 1.17. The van der Waals surface area contributed by atoms with E-state index in [9.17, 15) is 9.59 Å². The van der Waals surface area contributed by atoms with Gasteiger partial charge in [0.25, 0.3) is 0 Å². The van der Waals surface area contributed by atoms with Gasteiger partial charge in [0.15, 0.2) is 5.92 Å². The molecule has 0 aliphatic heterocycles. The molecule has 0 fully saturated rings. The van der Waals surface area contributed by atoms with Gasteiger partial charge >= 0.3 is 5.97 Å². The van der Waals surface area contributed by atoms with Gasteiger partial charge in [-0.25, -0.2) is 0 Å². The lowest BCUT2D eigenvalue weighted by Crippen LogP contribution is -2.27. The monoisotopic (exact) mass is 218 g/mol. The minimum Gasteiger partial charge on any atom is -0.480 e. The van der Waals surface area contributed by atoms with Crippen LogP contribution in [0.5, 0.6) is 0 Å². The van der Waals surface area contributed by atoms with E-state index in [0.29, 0.717) is 11.3 Å². The summed E-state index contributed by atoms with van der Waals surface area (Å²) in [6, 6.07) is 6.88. The van der Waals surface area contributed by atoms with E-state index in [-0.39, 0.29) is 0 Å². The molecule has 4 heteroatoms. The predicted molar refractivity (Wildman–Crippen MR) is 60.9 cm³/mol. The average molecular weight is 218 g/mol. The van der Waals surface area contributed by atoms with E-state index < -0.39 is 17.8 Å². The van der Waals surface area contributed by atoms with Gasteiger partial charge in [-0.1, -0.05) is 24.3 Å². The number of carbonyl (C=O) groups excluding carboxylic acids is 1. The molecule has 1 rings (SSSR count). The van der Waals surface area contributed by atoms with Crippen LogP contribution in [0.4, 0.5) is 5.69 Å². The molecule has 0 saturated heterocycles. The number of carbonyl (C=O) groups is 2. The van der Waals surface area contributed by atoms with Crippen LogP contribution in [0.3, 0.4) is 0 Å². The van der Waals surface area contributed by atoms with Crippen LogP contribution in [0.1, 0.15) is 5.56 Å². The van der Waals surface area contributed by atoms with Crippen molar-refractivity contribution in [2.45, 2.75) is 0 Å². The molecule has 83 valence electrons. The lowest BCUT2D eigenvalue weighted by atomic mass is 10.1. The summed E-state index contributed by atoms with van der Waals surface area (Å²) in [4.78, 5) is 22.2. The highest BCUT2D eigenvalue weighted by molar-refractivity contribution is 6.06. The van der Waals surface area contributed by atoms with E-state index in [0.717, 1.165) is 6.08 Å². The van der Waals surface area contributed by atoms with E-state index in [2.05, 4.69) is 18.8 Å². The molecule has 0 aliphatic rings. The Labute approximate surface area is 93.6 Å². The molecule has 1 aromatic rings. The van der Waals surface area contributed by atoms with Gasteiger partial charge in [0, 0.05) is 5.69 Å². The molecule has 0 spiro atoms. The first-order valence-electron chi connectivity index (χ1n) is 4.63. The first-order chi connectivity index (χ1) is 7.56. The Hall–Kier alpha value is -2.10. The lowest BCUT2D eigenvalue weighted by Gasteiger charge is -2.10. The van der Waals surface area contributed by atoms with Crippen molar-refractivity contribution >= 4 is 17.6 Å². The highest BCUT2D eigenvalue weighted by Crippen LogP contribution is 2.14. The van der Waals surface area contributed by atoms with Gasteiger partial charge in [-0.2, -0.15) is 0 Å². The van der Waals surface area contributed by atoms with Crippen LogP contribution in [0.15, 0.2) is 36.9 Å². The van der Waals surface area contributed by atoms with Crippen LogP contribution < -0.4 is 5.32 Å². The Kier molecular flexibility index (Phi) is 3.83. The highest BCUT2D eigenvalue weighted by atomic mass is 16.4. The van der Waals surface area contributed by atoms with Gasteiger partial charge in [0.1, 0.15) is 0 Å². The van der Waals surface area contributed by atoms with Gasteiger partial charge in [-0.3, -0.25) is 9.59 Å². The maximum atomic E-state index is 11.5. The van der Waals surface area contributed by atoms with Crippen molar-refractivity contribution in [2.75, 3.05) is 5.32 Å². The Bertz CT molecular complexity index is 426. The first-order valence-corrected chi connectivity index (χ1v) is 4.63. The third kappa shape index (κ3) is 2.70. The molecular weight excluding hydrogens is 206 g/mol. The van der Waals surface area contributed by atoms with Crippen molar-refractivity contribution in [2.24, 2.45) is 5.92 Å². The van der Waals surface area contributed by atoms with Crippen LogP contribution in [0.25, 0.3) is 0 Å². The molecule has 0 saturated carbocycles. The maximum Gasteiger partial charge on any atom is 0.319 e. The second-order valence-electron chi connectivity index (χ2n) is 3.20. The minimum absolute atomic E-state index is 0.501. The van der Waals surface area contributed by atoms with Gasteiger partial charge in [-0.15, -0.1) is 6.58 Å². The summed E-state index contributed by atoms with van der Waals surface area (Å²) in [5.74, 6) is -3.10. The first kappa shape index (κ1) is 12.0. The molecule has 0 aliphatic carbocycles. The quantitative estimate of drug-likeness (QED) is 0.597. The zero-order chi connectivity index (χ0) is 12.1. The number of aliphatic carboxylic acids is 1. The van der Waals surface area contributed by atoms with E-state index >= 15 is 0 Å². The molecule has 16 heavy (non-hydrogen) atoms. The highest BCUT2D eigenvalue weighted by Gasteiger charge is 2.22. The number of anilines is 1. The second-order valence-corrected chi connectivity index (χ2v) is 3.20. The fourth-order valence-electron chi connectivity index (χ4n) is 1.17. The molecule has 1 amide bonds. The van der Waals surface area contributed by atoms with Gasteiger partial charge in [-0.05, 0) is 18.6 Å². The van der Waals surface area contributed by atoms with Gasteiger partial charge in [0.05, 0.1) is 0 Å². The van der Waals surface area contributed by atoms with Crippen molar-refractivity contribution in [1.29, 1.82) is 0 Å². The third-order valence-corrected chi connectivity index (χ3v) is 2.06. The summed E-state index contributed by atoms with van der Waals surface area (Å²) >= 11 is 0. The zero-order valence-corrected chi connectivity index (χ0v) is 8.64. The van der Waals surface area contributed by atoms with Crippen molar-refractivity contribution in [3.05, 3.63) is 49.4 Å². The summed E-state index contributed by atoms with van der Waals surface area (Å²) in [5, 5.41) is 11.2. The van der Waals surface area contributed by atoms with Crippen molar-refractivity contribution in [3.8, 4) is 0 Å². The smallest absolute Gasteiger partial charge is 0.319 e. The van der Waals surface area contributed by atoms with Crippen molar-refractivity contribution in [1.82, 2.24) is 0 Å². The summed E-state index contributed by atoms with van der Waals surface area (Å²) < 4.78 is 0. The number of carboxylic acids is 1. The number of carboxylic acid groups (broad SMARTS) is 1. The molecule has 1 atom stereocenters. The normalized spacial score (nSPS) is 11.6. The molecule has 0 bridgehead atoms. The van der Waals surface area contributed by atoms with Crippen LogP contribution in [-0.2, 0) is 9.59 Å². The number of para-hydroxylation sites is 1. The van der Waals surface area contributed by atoms with E-state index in [4.69, 9.17) is 5.11 Å². The average Bonchev–Trinajstić information content (AvgIpc) is 2.22. The number of benzene rings is 1. The standard InChI is InChI=1S/C12H12NO3/c1-3-9(12(15)16)11(14)13-10-7-5-4-6-8(10)2/h3-7,9H,1-2H2,(H,13,14)(H,15,16). The molecule has 4 nitrogen and oxygen atoms in total. The number of hydrogen-bond acceptors (Lipinski definition) is 2. The second kappa shape index (κ2) is 5.11. The molecule has 0 aromatic heterocycles. The van der Waals surface area contributed by atoms with Crippen LogP contribution in [-0.4, -0.2) is 17.0 Å². The van der Waals surface area contributed by atoms with Gasteiger partial charge < -0.3 is 10.4 Å². The van der Waals surface area contributed by atoms with Gasteiger partial charge in [0.2, 0.25) is 5.91 Å². The molecule has 1 unspecified atom stereocenters. The number of nitrogens with one attached hydrogen (secondary N) is 1. The Morgan fingerprint density at radius 3 is 2.50 bits per heavy atom. The van der Waals surface area contributed by atoms with Crippen LogP contribution in [0, 0.1) is 12.8 Å². The SMILES string of the molecule is [CH2]c1ccccc1NC(=O)C(C=C)C(=O)O. The van der Waals surface area contributed by atoms with Crippen LogP contribution in [0.2, 0.25) is 0 Å². The predicted octanol–water partition coefficient (Wildman–Crippen LogP) is 1.69. The topological polar surface area (TPSA) is 66.4 Å². The number of rotatable bonds is 4. The zero-order valence-electron chi connectivity index (χ0n) is 8.64.